The minimum absolute atomic E-state index is 0.00108. The van der Waals surface area contributed by atoms with E-state index in [1.807, 2.05) is 13.8 Å². The van der Waals surface area contributed by atoms with Crippen LogP contribution in [-0.2, 0) is 9.47 Å². The van der Waals surface area contributed by atoms with E-state index in [0.717, 1.165) is 5.56 Å². The highest BCUT2D eigenvalue weighted by atomic mass is 35.5. The Labute approximate surface area is 112 Å². The van der Waals surface area contributed by atoms with Crippen molar-refractivity contribution in [2.75, 3.05) is 14.2 Å². The van der Waals surface area contributed by atoms with Gasteiger partial charge >= 0.3 is 0 Å². The number of hydrogen-bond donors (Lipinski definition) is 1. The Morgan fingerprint density at radius 1 is 1.22 bits per heavy atom. The fourth-order valence-electron chi connectivity index (χ4n) is 1.86. The molecule has 0 fully saturated rings. The summed E-state index contributed by atoms with van der Waals surface area (Å²) in [5.74, 6) is -0.410. The second-order valence-corrected chi connectivity index (χ2v) is 4.60. The van der Waals surface area contributed by atoms with Crippen molar-refractivity contribution < 1.29 is 13.9 Å². The molecule has 1 N–H and O–H groups in total. The highest BCUT2D eigenvalue weighted by molar-refractivity contribution is 6.30. The van der Waals surface area contributed by atoms with E-state index in [0.29, 0.717) is 0 Å². The van der Waals surface area contributed by atoms with Gasteiger partial charge < -0.3 is 14.8 Å². The zero-order valence-corrected chi connectivity index (χ0v) is 11.8. The van der Waals surface area contributed by atoms with Crippen molar-refractivity contribution in [2.45, 2.75) is 32.2 Å². The molecule has 0 aliphatic rings. The van der Waals surface area contributed by atoms with Crippen LogP contribution in [0, 0.1) is 5.82 Å². The predicted molar refractivity (Wildman–Crippen MR) is 70.2 cm³/mol. The average Bonchev–Trinajstić information content (AvgIpc) is 2.34. The lowest BCUT2D eigenvalue weighted by Gasteiger charge is -2.26. The smallest absolute Gasteiger partial charge is 0.171 e. The standard InChI is InChI=1S/C13H19ClFNO2/c1-8(16-9(2)13(17-3)18-4)10-5-6-12(15)11(14)7-10/h5-9,13,16H,1-4H3. The van der Waals surface area contributed by atoms with Gasteiger partial charge in [-0.05, 0) is 31.5 Å². The van der Waals surface area contributed by atoms with Crippen molar-refractivity contribution in [2.24, 2.45) is 0 Å². The maximum Gasteiger partial charge on any atom is 0.171 e. The van der Waals surface area contributed by atoms with Gasteiger partial charge in [0.05, 0.1) is 11.1 Å². The molecule has 18 heavy (non-hydrogen) atoms. The van der Waals surface area contributed by atoms with Crippen LogP contribution in [0.25, 0.3) is 0 Å². The molecular formula is C13H19ClFNO2. The van der Waals surface area contributed by atoms with Gasteiger partial charge in [0.25, 0.3) is 0 Å². The summed E-state index contributed by atoms with van der Waals surface area (Å²) in [5.41, 5.74) is 0.916. The maximum absolute atomic E-state index is 13.1. The third kappa shape index (κ3) is 3.92. The van der Waals surface area contributed by atoms with Crippen LogP contribution in [-0.4, -0.2) is 26.6 Å². The molecule has 2 atom stereocenters. The molecule has 102 valence electrons. The van der Waals surface area contributed by atoms with Gasteiger partial charge in [-0.2, -0.15) is 0 Å². The van der Waals surface area contributed by atoms with Gasteiger partial charge in [0.15, 0.2) is 6.29 Å². The van der Waals surface area contributed by atoms with Crippen LogP contribution in [0.15, 0.2) is 18.2 Å². The van der Waals surface area contributed by atoms with E-state index in [4.69, 9.17) is 21.1 Å². The average molecular weight is 276 g/mol. The van der Waals surface area contributed by atoms with Gasteiger partial charge in [-0.1, -0.05) is 17.7 Å². The first kappa shape index (κ1) is 15.4. The molecule has 1 aromatic carbocycles. The monoisotopic (exact) mass is 275 g/mol. The van der Waals surface area contributed by atoms with Crippen molar-refractivity contribution in [1.82, 2.24) is 5.32 Å². The maximum atomic E-state index is 13.1. The summed E-state index contributed by atoms with van der Waals surface area (Å²) in [6.07, 6.45) is -0.330. The summed E-state index contributed by atoms with van der Waals surface area (Å²) >= 11 is 5.76. The van der Waals surface area contributed by atoms with Crippen LogP contribution in [0.3, 0.4) is 0 Å². The second kappa shape index (κ2) is 7.04. The SMILES string of the molecule is COC(OC)C(C)NC(C)c1ccc(F)c(Cl)c1. The van der Waals surface area contributed by atoms with Crippen molar-refractivity contribution >= 4 is 11.6 Å². The lowest BCUT2D eigenvalue weighted by Crippen LogP contribution is -2.40. The molecule has 5 heteroatoms. The Bertz CT molecular complexity index is 385. The minimum atomic E-state index is -0.410. The van der Waals surface area contributed by atoms with Gasteiger partial charge in [-0.25, -0.2) is 4.39 Å². The largest absolute Gasteiger partial charge is 0.354 e. The molecule has 0 amide bonds. The molecular weight excluding hydrogens is 257 g/mol. The van der Waals surface area contributed by atoms with Crippen LogP contribution in [0.5, 0.6) is 0 Å². The molecule has 0 aliphatic carbocycles. The first-order valence-electron chi connectivity index (χ1n) is 5.76. The summed E-state index contributed by atoms with van der Waals surface area (Å²) in [5, 5.41) is 3.44. The molecule has 3 nitrogen and oxygen atoms in total. The fourth-order valence-corrected chi connectivity index (χ4v) is 2.04. The fraction of sp³-hybridized carbons (Fsp3) is 0.538. The van der Waals surface area contributed by atoms with Crippen LogP contribution >= 0.6 is 11.6 Å². The molecule has 0 heterocycles. The number of hydrogen-bond acceptors (Lipinski definition) is 3. The Kier molecular flexibility index (Phi) is 6.02. The number of ether oxygens (including phenoxy) is 2. The number of methoxy groups -OCH3 is 2. The second-order valence-electron chi connectivity index (χ2n) is 4.19. The van der Waals surface area contributed by atoms with Gasteiger partial charge in [-0.15, -0.1) is 0 Å². The Hall–Kier alpha value is -0.680. The van der Waals surface area contributed by atoms with Crippen LogP contribution in [0.2, 0.25) is 5.02 Å². The number of halogens is 2. The number of rotatable bonds is 6. The third-order valence-corrected chi connectivity index (χ3v) is 3.12. The molecule has 0 aliphatic heterocycles. The van der Waals surface area contributed by atoms with Crippen LogP contribution in [0.4, 0.5) is 4.39 Å². The van der Waals surface area contributed by atoms with E-state index in [2.05, 4.69) is 5.32 Å². The topological polar surface area (TPSA) is 30.5 Å². The van der Waals surface area contributed by atoms with Crippen molar-refractivity contribution in [3.63, 3.8) is 0 Å². The van der Waals surface area contributed by atoms with Crippen molar-refractivity contribution in [3.05, 3.63) is 34.6 Å². The summed E-state index contributed by atoms with van der Waals surface area (Å²) in [4.78, 5) is 0. The Balaban J connectivity index is 2.69. The normalized spacial score (nSPS) is 14.8. The Morgan fingerprint density at radius 3 is 2.33 bits per heavy atom. The number of benzene rings is 1. The molecule has 1 rings (SSSR count). The lowest BCUT2D eigenvalue weighted by atomic mass is 10.1. The zero-order valence-electron chi connectivity index (χ0n) is 11.0. The summed E-state index contributed by atoms with van der Waals surface area (Å²) < 4.78 is 23.4. The zero-order chi connectivity index (χ0) is 13.7. The first-order chi connectivity index (χ1) is 8.49. The molecule has 0 saturated heterocycles. The van der Waals surface area contributed by atoms with E-state index >= 15 is 0 Å². The highest BCUT2D eigenvalue weighted by Gasteiger charge is 2.18. The molecule has 0 aromatic heterocycles. The van der Waals surface area contributed by atoms with Gasteiger partial charge in [0.1, 0.15) is 5.82 Å². The number of nitrogens with one attached hydrogen (secondary N) is 1. The van der Waals surface area contributed by atoms with Gasteiger partial charge in [0.2, 0.25) is 0 Å². The van der Waals surface area contributed by atoms with E-state index < -0.39 is 5.82 Å². The molecule has 0 spiro atoms. The summed E-state index contributed by atoms with van der Waals surface area (Å²) in [6, 6.07) is 4.71. The van der Waals surface area contributed by atoms with E-state index in [-0.39, 0.29) is 23.4 Å². The van der Waals surface area contributed by atoms with Crippen molar-refractivity contribution in [3.8, 4) is 0 Å². The molecule has 1 aromatic rings. The lowest BCUT2D eigenvalue weighted by molar-refractivity contribution is -0.120. The minimum Gasteiger partial charge on any atom is -0.354 e. The van der Waals surface area contributed by atoms with E-state index in [1.165, 1.54) is 6.07 Å². The van der Waals surface area contributed by atoms with Gasteiger partial charge in [0, 0.05) is 20.3 Å². The van der Waals surface area contributed by atoms with Crippen LogP contribution < -0.4 is 5.32 Å². The molecule has 0 bridgehead atoms. The quantitative estimate of drug-likeness (QED) is 0.809. The Morgan fingerprint density at radius 2 is 1.83 bits per heavy atom. The molecule has 2 unspecified atom stereocenters. The van der Waals surface area contributed by atoms with E-state index in [9.17, 15) is 4.39 Å². The van der Waals surface area contributed by atoms with E-state index in [1.54, 1.807) is 26.4 Å². The summed E-state index contributed by atoms with van der Waals surface area (Å²) in [7, 11) is 3.18. The summed E-state index contributed by atoms with van der Waals surface area (Å²) in [6.45, 7) is 3.93. The highest BCUT2D eigenvalue weighted by Crippen LogP contribution is 2.21. The predicted octanol–water partition coefficient (Wildman–Crippen LogP) is 3.14. The van der Waals surface area contributed by atoms with Gasteiger partial charge in [-0.3, -0.25) is 0 Å². The third-order valence-electron chi connectivity index (χ3n) is 2.83. The molecule has 0 radical (unpaired) electrons. The first-order valence-corrected chi connectivity index (χ1v) is 6.14. The van der Waals surface area contributed by atoms with Crippen molar-refractivity contribution in [1.29, 1.82) is 0 Å². The molecule has 0 saturated carbocycles. The van der Waals surface area contributed by atoms with Crippen LogP contribution in [0.1, 0.15) is 25.5 Å².